The number of aromatic nitrogens is 4. The number of carbonyl (C=O) groups is 5. The first-order valence-corrected chi connectivity index (χ1v) is 20.6. The molecule has 2 saturated heterocycles. The minimum absolute atomic E-state index is 0.0626. The van der Waals surface area contributed by atoms with Crippen molar-refractivity contribution in [3.05, 3.63) is 101 Å². The molecule has 1 unspecified atom stereocenters. The Labute approximate surface area is 341 Å². The average Bonchev–Trinajstić information content (AvgIpc) is 3.81. The third-order valence-electron chi connectivity index (χ3n) is 12.2. The maximum Gasteiger partial charge on any atom is 0.269 e. The molecular formula is C45H46N8O6. The number of rotatable bonds is 10. The van der Waals surface area contributed by atoms with Gasteiger partial charge in [0.2, 0.25) is 17.7 Å². The lowest BCUT2D eigenvalue weighted by atomic mass is 9.96. The van der Waals surface area contributed by atoms with Gasteiger partial charge in [-0.2, -0.15) is 5.10 Å². The van der Waals surface area contributed by atoms with Crippen LogP contribution in [0.15, 0.2) is 67.0 Å². The predicted molar refractivity (Wildman–Crippen MR) is 218 cm³/mol. The number of piperidine rings is 1. The van der Waals surface area contributed by atoms with Gasteiger partial charge < -0.3 is 19.9 Å². The molecule has 3 aromatic heterocycles. The van der Waals surface area contributed by atoms with E-state index in [2.05, 4.69) is 32.4 Å². The van der Waals surface area contributed by atoms with E-state index in [0.29, 0.717) is 43.9 Å². The number of unbranched alkanes of at least 4 members (excludes halogenated alkanes) is 1. The van der Waals surface area contributed by atoms with Crippen LogP contribution in [-0.4, -0.2) is 91.4 Å². The second-order valence-corrected chi connectivity index (χ2v) is 15.8. The third kappa shape index (κ3) is 7.48. The minimum Gasteiger partial charge on any atom is -0.381 e. The van der Waals surface area contributed by atoms with Crippen molar-refractivity contribution in [2.24, 2.45) is 0 Å². The monoisotopic (exact) mass is 794 g/mol. The van der Waals surface area contributed by atoms with E-state index >= 15 is 0 Å². The first kappa shape index (κ1) is 38.2. The Kier molecular flexibility index (Phi) is 10.5. The maximum atomic E-state index is 13.2. The Morgan fingerprint density at radius 1 is 0.898 bits per heavy atom. The number of carbonyl (C=O) groups excluding carboxylic acids is 5. The molecule has 4 aliphatic rings. The molecule has 5 aromatic rings. The van der Waals surface area contributed by atoms with Crippen LogP contribution >= 0.6 is 0 Å². The molecule has 1 atom stereocenters. The highest BCUT2D eigenvalue weighted by molar-refractivity contribution is 6.05. The summed E-state index contributed by atoms with van der Waals surface area (Å²) < 4.78 is 7.85. The SMILES string of the molecule is CC(=O)N1CCc2c(c(-c3cccc4cc(-c5ccc(C(=O)NCCCCc6cccc7c6CN(C6CCC(=O)NC6=O)C7=O)nc5)ncc34)nn2C2CCOCC2)C1. The summed E-state index contributed by atoms with van der Waals surface area (Å²) in [6, 6.07) is 17.1. The fourth-order valence-corrected chi connectivity index (χ4v) is 9.00. The van der Waals surface area contributed by atoms with Gasteiger partial charge in [-0.1, -0.05) is 30.3 Å². The van der Waals surface area contributed by atoms with Gasteiger partial charge in [-0.05, 0) is 79.3 Å². The lowest BCUT2D eigenvalue weighted by molar-refractivity contribution is -0.137. The predicted octanol–water partition coefficient (Wildman–Crippen LogP) is 4.93. The Morgan fingerprint density at radius 2 is 1.73 bits per heavy atom. The normalized spacial score (nSPS) is 18.2. The molecule has 59 heavy (non-hydrogen) atoms. The number of pyridine rings is 2. The quantitative estimate of drug-likeness (QED) is 0.147. The zero-order valence-corrected chi connectivity index (χ0v) is 33.0. The van der Waals surface area contributed by atoms with Gasteiger partial charge in [-0.3, -0.25) is 43.9 Å². The van der Waals surface area contributed by atoms with Crippen molar-refractivity contribution in [1.29, 1.82) is 0 Å². The number of nitrogens with one attached hydrogen (secondary N) is 2. The summed E-state index contributed by atoms with van der Waals surface area (Å²) >= 11 is 0. The summed E-state index contributed by atoms with van der Waals surface area (Å²) in [5.41, 5.74) is 8.61. The molecule has 0 bridgehead atoms. The number of fused-ring (bicyclic) bond motifs is 3. The Bertz CT molecular complexity index is 2490. The van der Waals surface area contributed by atoms with E-state index in [1.54, 1.807) is 30.2 Å². The molecule has 4 aliphatic heterocycles. The molecule has 7 heterocycles. The van der Waals surface area contributed by atoms with Gasteiger partial charge in [0.15, 0.2) is 0 Å². The number of amides is 5. The number of aryl methyl sites for hydroxylation is 1. The van der Waals surface area contributed by atoms with Crippen LogP contribution in [0.3, 0.4) is 0 Å². The molecule has 302 valence electrons. The van der Waals surface area contributed by atoms with Crippen LogP contribution in [0.1, 0.15) is 94.7 Å². The molecule has 0 radical (unpaired) electrons. The van der Waals surface area contributed by atoms with Crippen molar-refractivity contribution in [3.8, 4) is 22.5 Å². The zero-order chi connectivity index (χ0) is 40.6. The van der Waals surface area contributed by atoms with Crippen molar-refractivity contribution in [3.63, 3.8) is 0 Å². The van der Waals surface area contributed by atoms with Gasteiger partial charge in [-0.25, -0.2) is 0 Å². The number of ether oxygens (including phenoxy) is 1. The summed E-state index contributed by atoms with van der Waals surface area (Å²) in [6.07, 6.45) is 8.94. The van der Waals surface area contributed by atoms with Gasteiger partial charge in [0, 0.05) is 105 Å². The molecule has 2 N–H and O–H groups in total. The fraction of sp³-hybridized carbons (Fsp3) is 0.378. The maximum absolute atomic E-state index is 13.2. The molecule has 5 amide bonds. The molecule has 2 aromatic carbocycles. The highest BCUT2D eigenvalue weighted by Gasteiger charge is 2.39. The van der Waals surface area contributed by atoms with Crippen LogP contribution in [0.4, 0.5) is 0 Å². The van der Waals surface area contributed by atoms with E-state index in [9.17, 15) is 24.0 Å². The standard InChI is InChI=1S/C45H46N8O6/c1-27(54)51-19-15-39-36(25-51)42(50-53(39)31-16-20-59-21-17-31)32-9-5-8-29-22-38(48-24-34(29)32)30-11-12-37(47-23-30)43(56)46-18-3-2-6-28-7-4-10-33-35(28)26-52(45(33)58)40-13-14-41(55)49-44(40)57/h4-5,7-12,22-24,31,40H,2-3,6,13-21,25-26H2,1H3,(H,46,56)(H,49,55,57). The van der Waals surface area contributed by atoms with E-state index < -0.39 is 11.9 Å². The smallest absolute Gasteiger partial charge is 0.269 e. The van der Waals surface area contributed by atoms with Crippen LogP contribution in [0.5, 0.6) is 0 Å². The molecule has 0 aliphatic carbocycles. The van der Waals surface area contributed by atoms with Crippen LogP contribution < -0.4 is 10.6 Å². The lowest BCUT2D eigenvalue weighted by Gasteiger charge is -2.29. The van der Waals surface area contributed by atoms with E-state index in [1.807, 2.05) is 41.4 Å². The first-order valence-electron chi connectivity index (χ1n) is 20.6. The van der Waals surface area contributed by atoms with E-state index in [0.717, 1.165) is 102 Å². The van der Waals surface area contributed by atoms with E-state index in [-0.39, 0.29) is 36.1 Å². The van der Waals surface area contributed by atoms with Crippen LogP contribution in [0.2, 0.25) is 0 Å². The van der Waals surface area contributed by atoms with E-state index in [1.165, 1.54) is 5.69 Å². The highest BCUT2D eigenvalue weighted by atomic mass is 16.5. The minimum atomic E-state index is -0.645. The summed E-state index contributed by atoms with van der Waals surface area (Å²) in [4.78, 5) is 75.5. The van der Waals surface area contributed by atoms with Gasteiger partial charge in [0.05, 0.1) is 17.4 Å². The number of hydrogen-bond donors (Lipinski definition) is 2. The highest BCUT2D eigenvalue weighted by Crippen LogP contribution is 2.38. The number of hydrogen-bond acceptors (Lipinski definition) is 9. The lowest BCUT2D eigenvalue weighted by Crippen LogP contribution is -2.52. The van der Waals surface area contributed by atoms with Crippen LogP contribution in [0, 0.1) is 0 Å². The summed E-state index contributed by atoms with van der Waals surface area (Å²) in [6.45, 7) is 5.09. The number of imide groups is 1. The number of benzene rings is 2. The van der Waals surface area contributed by atoms with Gasteiger partial charge >= 0.3 is 0 Å². The summed E-state index contributed by atoms with van der Waals surface area (Å²) in [5.74, 6) is -1.10. The first-order chi connectivity index (χ1) is 28.7. The molecule has 14 heteroatoms. The molecule has 0 spiro atoms. The molecule has 2 fully saturated rings. The summed E-state index contributed by atoms with van der Waals surface area (Å²) in [7, 11) is 0. The van der Waals surface area contributed by atoms with Crippen molar-refractivity contribution in [2.75, 3.05) is 26.3 Å². The molecule has 14 nitrogen and oxygen atoms in total. The zero-order valence-electron chi connectivity index (χ0n) is 33.0. The summed E-state index contributed by atoms with van der Waals surface area (Å²) in [5, 5.41) is 12.5. The van der Waals surface area contributed by atoms with E-state index in [4.69, 9.17) is 14.8 Å². The van der Waals surface area contributed by atoms with Crippen LogP contribution in [0.25, 0.3) is 33.3 Å². The Morgan fingerprint density at radius 3 is 2.53 bits per heavy atom. The van der Waals surface area contributed by atoms with Crippen molar-refractivity contribution in [1.82, 2.24) is 40.2 Å². The average molecular weight is 795 g/mol. The van der Waals surface area contributed by atoms with Crippen LogP contribution in [-0.2, 0) is 45.1 Å². The third-order valence-corrected chi connectivity index (χ3v) is 12.2. The van der Waals surface area contributed by atoms with Crippen molar-refractivity contribution < 1.29 is 28.7 Å². The number of nitrogens with zero attached hydrogens (tertiary/aromatic N) is 6. The largest absolute Gasteiger partial charge is 0.381 e. The Hall–Kier alpha value is -6.28. The second kappa shape index (κ2) is 16.2. The molecule has 0 saturated carbocycles. The Balaban J connectivity index is 0.832. The van der Waals surface area contributed by atoms with Gasteiger partial charge in [0.25, 0.3) is 11.8 Å². The molecule has 9 rings (SSSR count). The molecular weight excluding hydrogens is 749 g/mol. The van der Waals surface area contributed by atoms with Gasteiger partial charge in [0.1, 0.15) is 11.7 Å². The van der Waals surface area contributed by atoms with Crippen molar-refractivity contribution in [2.45, 2.75) is 83.5 Å². The second-order valence-electron chi connectivity index (χ2n) is 15.8. The van der Waals surface area contributed by atoms with Crippen molar-refractivity contribution >= 4 is 40.3 Å². The topological polar surface area (TPSA) is 169 Å². The fourth-order valence-electron chi connectivity index (χ4n) is 9.00. The van der Waals surface area contributed by atoms with Gasteiger partial charge in [-0.15, -0.1) is 0 Å².